The molecule has 0 radical (unpaired) electrons. The van der Waals surface area contributed by atoms with Crippen molar-refractivity contribution in [3.05, 3.63) is 27.1 Å². The highest BCUT2D eigenvalue weighted by Gasteiger charge is 2.20. The highest BCUT2D eigenvalue weighted by Crippen LogP contribution is 2.26. The fourth-order valence-corrected chi connectivity index (χ4v) is 1.62. The first-order chi connectivity index (χ1) is 6.56. The molecule has 0 aliphatic rings. The maximum absolute atomic E-state index is 11.0. The molecule has 6 nitrogen and oxygen atoms in total. The smallest absolute Gasteiger partial charge is 0.327 e. The first kappa shape index (κ1) is 13.8. The van der Waals surface area contributed by atoms with E-state index in [1.165, 1.54) is 18.6 Å². The Morgan fingerprint density at radius 3 is 2.73 bits per heavy atom. The first-order valence-electron chi connectivity index (χ1n) is 3.62. The van der Waals surface area contributed by atoms with Crippen molar-refractivity contribution in [2.45, 2.75) is 6.04 Å². The lowest BCUT2D eigenvalue weighted by Crippen LogP contribution is -2.21. The van der Waals surface area contributed by atoms with Crippen LogP contribution >= 0.6 is 23.7 Å². The van der Waals surface area contributed by atoms with Gasteiger partial charge in [-0.2, -0.15) is 0 Å². The largest absolute Gasteiger partial charge is 0.468 e. The molecule has 0 aliphatic carbocycles. The number of nitrogens with two attached hydrogens (primary N) is 1. The number of nitrogens with zero attached hydrogens (tertiary/aromatic N) is 1. The number of halogens is 1. The van der Waals surface area contributed by atoms with Crippen molar-refractivity contribution < 1.29 is 14.5 Å². The molecule has 0 saturated heterocycles. The topological polar surface area (TPSA) is 95.5 Å². The third-order valence-electron chi connectivity index (χ3n) is 1.60. The van der Waals surface area contributed by atoms with Crippen molar-refractivity contribution in [3.8, 4) is 0 Å². The Balaban J connectivity index is 0.00000196. The molecule has 0 fully saturated rings. The van der Waals surface area contributed by atoms with Gasteiger partial charge in [0, 0.05) is 11.4 Å². The Labute approximate surface area is 95.6 Å². The molecule has 84 valence electrons. The summed E-state index contributed by atoms with van der Waals surface area (Å²) in [4.78, 5) is 20.8. The Kier molecular flexibility index (Phi) is 5.20. The van der Waals surface area contributed by atoms with Crippen LogP contribution in [0.2, 0.25) is 0 Å². The van der Waals surface area contributed by atoms with E-state index in [-0.39, 0.29) is 17.4 Å². The lowest BCUT2D eigenvalue weighted by molar-refractivity contribution is -0.380. The van der Waals surface area contributed by atoms with Gasteiger partial charge in [-0.15, -0.1) is 12.4 Å². The molecule has 0 amide bonds. The number of hydrogen-bond donors (Lipinski definition) is 1. The predicted octanol–water partition coefficient (Wildman–Crippen LogP) is 1.25. The number of methoxy groups -OCH3 is 1. The fraction of sp³-hybridized carbons (Fsp3) is 0.286. The Morgan fingerprint density at radius 2 is 2.33 bits per heavy atom. The van der Waals surface area contributed by atoms with Crippen LogP contribution in [-0.4, -0.2) is 18.0 Å². The molecule has 0 unspecified atom stereocenters. The number of esters is 1. The molecule has 1 heterocycles. The van der Waals surface area contributed by atoms with E-state index < -0.39 is 16.9 Å². The maximum Gasteiger partial charge on any atom is 0.327 e. The van der Waals surface area contributed by atoms with Crippen LogP contribution in [0.25, 0.3) is 0 Å². The Hall–Kier alpha value is -1.18. The van der Waals surface area contributed by atoms with Gasteiger partial charge in [0.15, 0.2) is 0 Å². The van der Waals surface area contributed by atoms with Gasteiger partial charge in [0.25, 0.3) is 0 Å². The van der Waals surface area contributed by atoms with Crippen LogP contribution in [0.3, 0.4) is 0 Å². The van der Waals surface area contributed by atoms with Crippen molar-refractivity contribution in [2.75, 3.05) is 7.11 Å². The second kappa shape index (κ2) is 5.64. The van der Waals surface area contributed by atoms with Gasteiger partial charge >= 0.3 is 11.0 Å². The van der Waals surface area contributed by atoms with Crippen molar-refractivity contribution >= 4 is 34.7 Å². The number of nitro groups is 1. The molecule has 8 heteroatoms. The lowest BCUT2D eigenvalue weighted by atomic mass is 10.2. The van der Waals surface area contributed by atoms with Gasteiger partial charge in [-0.05, 0) is 5.56 Å². The second-order valence-electron chi connectivity index (χ2n) is 2.48. The average Bonchev–Trinajstić information content (AvgIpc) is 2.64. The van der Waals surface area contributed by atoms with Crippen molar-refractivity contribution in [3.63, 3.8) is 0 Å². The third-order valence-corrected chi connectivity index (χ3v) is 2.50. The van der Waals surface area contributed by atoms with Crippen LogP contribution in [0.1, 0.15) is 11.6 Å². The fourth-order valence-electron chi connectivity index (χ4n) is 0.861. The molecule has 0 aliphatic heterocycles. The molecule has 0 spiro atoms. The molecule has 1 aromatic heterocycles. The van der Waals surface area contributed by atoms with Gasteiger partial charge in [-0.1, -0.05) is 11.3 Å². The lowest BCUT2D eigenvalue weighted by Gasteiger charge is -2.05. The van der Waals surface area contributed by atoms with Crippen LogP contribution in [0.15, 0.2) is 11.4 Å². The minimum Gasteiger partial charge on any atom is -0.468 e. The minimum absolute atomic E-state index is 0. The van der Waals surface area contributed by atoms with E-state index >= 15 is 0 Å². The number of thiophene rings is 1. The number of carbonyl (C=O) groups excluding carboxylic acids is 1. The summed E-state index contributed by atoms with van der Waals surface area (Å²) in [6.07, 6.45) is 0. The van der Waals surface area contributed by atoms with Crippen LogP contribution < -0.4 is 5.73 Å². The molecule has 1 atom stereocenters. The summed E-state index contributed by atoms with van der Waals surface area (Å²) in [6, 6.07) is 0.316. The first-order valence-corrected chi connectivity index (χ1v) is 4.50. The van der Waals surface area contributed by atoms with Crippen LogP contribution in [0.5, 0.6) is 0 Å². The van der Waals surface area contributed by atoms with E-state index in [9.17, 15) is 14.9 Å². The summed E-state index contributed by atoms with van der Waals surface area (Å²) in [5.41, 5.74) is 5.87. The molecular weight excluding hydrogens is 244 g/mol. The average molecular weight is 253 g/mol. The van der Waals surface area contributed by atoms with Crippen molar-refractivity contribution in [1.29, 1.82) is 0 Å². The van der Waals surface area contributed by atoms with Crippen LogP contribution in [0.4, 0.5) is 5.00 Å². The molecular formula is C7H9ClN2O4S. The van der Waals surface area contributed by atoms with Crippen LogP contribution in [0, 0.1) is 10.1 Å². The molecule has 0 bridgehead atoms. The quantitative estimate of drug-likeness (QED) is 0.496. The zero-order valence-corrected chi connectivity index (χ0v) is 9.34. The zero-order chi connectivity index (χ0) is 10.7. The summed E-state index contributed by atoms with van der Waals surface area (Å²) < 4.78 is 4.41. The van der Waals surface area contributed by atoms with Gasteiger partial charge in [0.2, 0.25) is 0 Å². The molecule has 1 aromatic rings. The van der Waals surface area contributed by atoms with Crippen molar-refractivity contribution in [1.82, 2.24) is 0 Å². The van der Waals surface area contributed by atoms with E-state index in [0.29, 0.717) is 5.56 Å². The van der Waals surface area contributed by atoms with Gasteiger partial charge in [-0.3, -0.25) is 14.9 Å². The van der Waals surface area contributed by atoms with Crippen molar-refractivity contribution in [2.24, 2.45) is 5.73 Å². The Bertz CT molecular complexity index is 368. The number of rotatable bonds is 3. The van der Waals surface area contributed by atoms with Crippen LogP contribution in [-0.2, 0) is 9.53 Å². The van der Waals surface area contributed by atoms with Gasteiger partial charge in [0.05, 0.1) is 12.0 Å². The SMILES string of the molecule is COC(=O)[C@H](N)c1csc([N+](=O)[O-])c1.Cl. The van der Waals surface area contributed by atoms with E-state index in [1.807, 2.05) is 0 Å². The molecule has 15 heavy (non-hydrogen) atoms. The normalized spacial score (nSPS) is 11.3. The molecule has 1 rings (SSSR count). The van der Waals surface area contributed by atoms with Gasteiger partial charge in [-0.25, -0.2) is 0 Å². The highest BCUT2D eigenvalue weighted by molar-refractivity contribution is 7.13. The summed E-state index contributed by atoms with van der Waals surface area (Å²) in [7, 11) is 1.21. The summed E-state index contributed by atoms with van der Waals surface area (Å²) >= 11 is 0.927. The van der Waals surface area contributed by atoms with E-state index in [0.717, 1.165) is 11.3 Å². The predicted molar refractivity (Wildman–Crippen MR) is 57.2 cm³/mol. The minimum atomic E-state index is -0.954. The zero-order valence-electron chi connectivity index (χ0n) is 7.71. The molecule has 0 saturated carbocycles. The summed E-state index contributed by atoms with van der Waals surface area (Å²) in [6.45, 7) is 0. The summed E-state index contributed by atoms with van der Waals surface area (Å²) in [5.74, 6) is -0.613. The second-order valence-corrected chi connectivity index (χ2v) is 3.37. The molecule has 2 N–H and O–H groups in total. The third kappa shape index (κ3) is 3.15. The molecule has 0 aromatic carbocycles. The van der Waals surface area contributed by atoms with E-state index in [4.69, 9.17) is 5.73 Å². The van der Waals surface area contributed by atoms with Gasteiger partial charge < -0.3 is 10.5 Å². The monoisotopic (exact) mass is 252 g/mol. The maximum atomic E-state index is 11.0. The number of ether oxygens (including phenoxy) is 1. The van der Waals surface area contributed by atoms with E-state index in [2.05, 4.69) is 4.74 Å². The standard InChI is InChI=1S/C7H8N2O4S.ClH/c1-13-7(10)6(8)4-2-5(9(11)12)14-3-4;/h2-3,6H,8H2,1H3;1H/t6-;/m1./s1. The number of carbonyl (C=O) groups is 1. The highest BCUT2D eigenvalue weighted by atomic mass is 35.5. The summed E-state index contributed by atoms with van der Waals surface area (Å²) in [5, 5.41) is 11.8. The number of hydrogen-bond acceptors (Lipinski definition) is 6. The van der Waals surface area contributed by atoms with Gasteiger partial charge in [0.1, 0.15) is 6.04 Å². The Morgan fingerprint density at radius 1 is 1.73 bits per heavy atom. The van der Waals surface area contributed by atoms with E-state index in [1.54, 1.807) is 0 Å².